The first-order valence-electron chi connectivity index (χ1n) is 12.0. The number of rotatable bonds is 4. The number of H-pyrrole nitrogens is 1. The minimum Gasteiger partial charge on any atom is -0.375 e. The molecule has 0 radical (unpaired) electrons. The van der Waals surface area contributed by atoms with E-state index in [1.807, 2.05) is 30.3 Å². The van der Waals surface area contributed by atoms with Gasteiger partial charge in [-0.3, -0.25) is 14.4 Å². The third-order valence-electron chi connectivity index (χ3n) is 7.27. The summed E-state index contributed by atoms with van der Waals surface area (Å²) in [5.74, 6) is -1.08. The fourth-order valence-electron chi connectivity index (χ4n) is 5.40. The van der Waals surface area contributed by atoms with Crippen LogP contribution in [0.2, 0.25) is 0 Å². The Morgan fingerprint density at radius 1 is 1.08 bits per heavy atom. The van der Waals surface area contributed by atoms with Crippen LogP contribution in [0.3, 0.4) is 0 Å². The molecular weight excluding hydrogens is 476 g/mol. The Balaban J connectivity index is 1.07. The molecule has 6 heterocycles. The molecule has 37 heavy (non-hydrogen) atoms. The summed E-state index contributed by atoms with van der Waals surface area (Å²) in [6, 6.07) is 14.9. The van der Waals surface area contributed by atoms with Crippen molar-refractivity contribution >= 4 is 34.0 Å². The van der Waals surface area contributed by atoms with Crippen LogP contribution in [-0.4, -0.2) is 71.7 Å². The standard InChI is InChI=1S/C25H22N8O4/c34-23(26-10-15-5-3-4-14-8-9-27-32(14)15)17-13-37-20-12-31(11-16(17)20)25(36)21-29-22-24(35)28-18-6-1-2-7-19(18)33(22)30-21/h1-9,16-17,20H,10-13H2,(H,26,34)(H,28,35)/t16-,17-,20-/m1/s1. The van der Waals surface area contributed by atoms with Crippen molar-refractivity contribution in [3.63, 3.8) is 0 Å². The Labute approximate surface area is 208 Å². The SMILES string of the molecule is O=C(NCc1cccc2ccnn12)[C@@H]1CO[C@@H]2CN(C(=O)c3nc4c(=O)[nH]c5ccccc5n4n3)C[C@@H]21. The lowest BCUT2D eigenvalue weighted by Crippen LogP contribution is -2.37. The van der Waals surface area contributed by atoms with E-state index < -0.39 is 11.5 Å². The lowest BCUT2D eigenvalue weighted by atomic mass is 9.92. The molecule has 2 N–H and O–H groups in total. The average Bonchev–Trinajstić information content (AvgIpc) is 3.69. The Bertz CT molecular complexity index is 1750. The molecule has 0 bridgehead atoms. The van der Waals surface area contributed by atoms with Crippen LogP contribution in [0.25, 0.3) is 22.2 Å². The van der Waals surface area contributed by atoms with Gasteiger partial charge in [0.05, 0.1) is 47.4 Å². The van der Waals surface area contributed by atoms with Gasteiger partial charge in [0, 0.05) is 25.2 Å². The molecule has 2 saturated heterocycles. The largest absolute Gasteiger partial charge is 0.375 e. The normalized spacial score (nSPS) is 21.2. The first kappa shape index (κ1) is 21.7. The molecule has 0 saturated carbocycles. The molecule has 1 aromatic carbocycles. The van der Waals surface area contributed by atoms with Crippen LogP contribution < -0.4 is 10.9 Å². The molecule has 12 heteroatoms. The van der Waals surface area contributed by atoms with Crippen molar-refractivity contribution in [2.45, 2.75) is 12.6 Å². The fraction of sp³-hybridized carbons (Fsp3) is 0.280. The van der Waals surface area contributed by atoms with Crippen molar-refractivity contribution in [2.24, 2.45) is 11.8 Å². The number of pyridine rings is 1. The monoisotopic (exact) mass is 498 g/mol. The summed E-state index contributed by atoms with van der Waals surface area (Å²) >= 11 is 0. The lowest BCUT2D eigenvalue weighted by Gasteiger charge is -2.18. The van der Waals surface area contributed by atoms with E-state index in [2.05, 4.69) is 25.5 Å². The maximum Gasteiger partial charge on any atom is 0.293 e. The molecule has 2 amide bonds. The van der Waals surface area contributed by atoms with Gasteiger partial charge in [0.2, 0.25) is 17.4 Å². The number of fused-ring (bicyclic) bond motifs is 5. The highest BCUT2D eigenvalue weighted by Gasteiger charge is 2.48. The minimum atomic E-state index is -0.422. The van der Waals surface area contributed by atoms with Gasteiger partial charge in [0.15, 0.2) is 0 Å². The summed E-state index contributed by atoms with van der Waals surface area (Å²) in [6.07, 6.45) is 1.48. The number of aromatic amines is 1. The Kier molecular flexibility index (Phi) is 4.83. The van der Waals surface area contributed by atoms with Crippen molar-refractivity contribution in [2.75, 3.05) is 19.7 Å². The number of para-hydroxylation sites is 2. The Hall–Kier alpha value is -4.58. The van der Waals surface area contributed by atoms with Gasteiger partial charge in [0.25, 0.3) is 11.5 Å². The molecule has 5 aromatic rings. The number of carbonyl (C=O) groups is 2. The van der Waals surface area contributed by atoms with Gasteiger partial charge in [-0.05, 0) is 30.3 Å². The Morgan fingerprint density at radius 3 is 2.89 bits per heavy atom. The van der Waals surface area contributed by atoms with E-state index in [0.29, 0.717) is 37.3 Å². The number of likely N-dealkylation sites (tertiary alicyclic amines) is 1. The van der Waals surface area contributed by atoms with Crippen molar-refractivity contribution in [3.8, 4) is 0 Å². The maximum absolute atomic E-state index is 13.3. The molecule has 3 atom stereocenters. The number of carbonyl (C=O) groups excluding carboxylic acids is 2. The number of benzene rings is 1. The summed E-state index contributed by atoms with van der Waals surface area (Å²) in [5.41, 5.74) is 2.71. The number of aromatic nitrogens is 6. The minimum absolute atomic E-state index is 0.0575. The summed E-state index contributed by atoms with van der Waals surface area (Å²) in [4.78, 5) is 47.4. The van der Waals surface area contributed by atoms with Gasteiger partial charge in [-0.1, -0.05) is 18.2 Å². The smallest absolute Gasteiger partial charge is 0.293 e. The average molecular weight is 499 g/mol. The number of hydrogen-bond donors (Lipinski definition) is 2. The highest BCUT2D eigenvalue weighted by molar-refractivity contribution is 5.92. The summed E-state index contributed by atoms with van der Waals surface area (Å²) < 4.78 is 9.09. The van der Waals surface area contributed by atoms with Gasteiger partial charge in [-0.15, -0.1) is 5.10 Å². The quantitative estimate of drug-likeness (QED) is 0.370. The van der Waals surface area contributed by atoms with Gasteiger partial charge < -0.3 is 19.9 Å². The van der Waals surface area contributed by atoms with Crippen LogP contribution in [0.5, 0.6) is 0 Å². The second-order valence-electron chi connectivity index (χ2n) is 9.40. The van der Waals surface area contributed by atoms with Crippen molar-refractivity contribution in [1.82, 2.24) is 39.4 Å². The van der Waals surface area contributed by atoms with E-state index in [0.717, 1.165) is 11.2 Å². The van der Waals surface area contributed by atoms with E-state index in [9.17, 15) is 14.4 Å². The van der Waals surface area contributed by atoms with E-state index in [-0.39, 0.29) is 35.3 Å². The van der Waals surface area contributed by atoms with Gasteiger partial charge in [0.1, 0.15) is 0 Å². The van der Waals surface area contributed by atoms with Gasteiger partial charge >= 0.3 is 0 Å². The number of amides is 2. The molecular formula is C25H22N8O4. The third-order valence-corrected chi connectivity index (χ3v) is 7.27. The van der Waals surface area contributed by atoms with Crippen molar-refractivity contribution in [1.29, 1.82) is 0 Å². The van der Waals surface area contributed by atoms with Gasteiger partial charge in [-0.25, -0.2) is 9.03 Å². The summed E-state index contributed by atoms with van der Waals surface area (Å²) in [6.45, 7) is 1.33. The molecule has 0 unspecified atom stereocenters. The second-order valence-corrected chi connectivity index (χ2v) is 9.40. The zero-order chi connectivity index (χ0) is 25.1. The highest BCUT2D eigenvalue weighted by atomic mass is 16.5. The molecule has 186 valence electrons. The fourth-order valence-corrected chi connectivity index (χ4v) is 5.40. The number of nitrogens with one attached hydrogen (secondary N) is 2. The van der Waals surface area contributed by atoms with Crippen molar-refractivity contribution < 1.29 is 14.3 Å². The molecule has 0 aliphatic carbocycles. The molecule has 2 aliphatic rings. The van der Waals surface area contributed by atoms with Crippen LogP contribution in [0.15, 0.2) is 59.5 Å². The number of nitrogens with zero attached hydrogens (tertiary/aromatic N) is 6. The van der Waals surface area contributed by atoms with Crippen LogP contribution in [0, 0.1) is 11.8 Å². The molecule has 12 nitrogen and oxygen atoms in total. The zero-order valence-corrected chi connectivity index (χ0v) is 19.6. The maximum atomic E-state index is 13.3. The van der Waals surface area contributed by atoms with Crippen LogP contribution in [0.1, 0.15) is 16.3 Å². The first-order chi connectivity index (χ1) is 18.1. The summed E-state index contributed by atoms with van der Waals surface area (Å²) in [5, 5.41) is 11.7. The van der Waals surface area contributed by atoms with Crippen molar-refractivity contribution in [3.05, 3.63) is 76.6 Å². The molecule has 2 aliphatic heterocycles. The highest BCUT2D eigenvalue weighted by Crippen LogP contribution is 2.34. The zero-order valence-electron chi connectivity index (χ0n) is 19.6. The first-order valence-corrected chi connectivity index (χ1v) is 12.0. The van der Waals surface area contributed by atoms with Gasteiger partial charge in [-0.2, -0.15) is 10.1 Å². The van der Waals surface area contributed by atoms with Crippen LogP contribution in [0.4, 0.5) is 0 Å². The lowest BCUT2D eigenvalue weighted by molar-refractivity contribution is -0.126. The Morgan fingerprint density at radius 2 is 1.97 bits per heavy atom. The van der Waals surface area contributed by atoms with E-state index in [1.54, 1.807) is 33.8 Å². The molecule has 0 spiro atoms. The third kappa shape index (κ3) is 3.48. The van der Waals surface area contributed by atoms with E-state index in [4.69, 9.17) is 4.74 Å². The summed E-state index contributed by atoms with van der Waals surface area (Å²) in [7, 11) is 0. The number of hydrogen-bond acceptors (Lipinski definition) is 7. The topological polar surface area (TPSA) is 139 Å². The van der Waals surface area contributed by atoms with E-state index in [1.165, 1.54) is 4.52 Å². The molecule has 7 rings (SSSR count). The predicted octanol–water partition coefficient (Wildman–Crippen LogP) is 0.622. The molecule has 4 aromatic heterocycles. The number of ether oxygens (including phenoxy) is 1. The van der Waals surface area contributed by atoms with Crippen LogP contribution >= 0.6 is 0 Å². The molecule has 2 fully saturated rings. The van der Waals surface area contributed by atoms with Crippen LogP contribution in [-0.2, 0) is 16.1 Å². The van der Waals surface area contributed by atoms with E-state index >= 15 is 0 Å². The second kappa shape index (κ2) is 8.23. The predicted molar refractivity (Wildman–Crippen MR) is 131 cm³/mol.